The minimum absolute atomic E-state index is 0.0217. The number of hydrogen-bond donors (Lipinski definition) is 2. The van der Waals surface area contributed by atoms with Gasteiger partial charge in [0.1, 0.15) is 0 Å². The standard InChI is InChI=1S/C14H13N5O2S.2ClH.Cu/c1-10(13-4-2-3-9-15-13)17-18-14(22)16-11-5-7-12(8-6-11)19(20)21;;;/h2-9H,1H3,(H2,16,18,22);2*1H;/q;;;+2/p-2. The van der Waals surface area contributed by atoms with Crippen molar-refractivity contribution >= 4 is 54.6 Å². The summed E-state index contributed by atoms with van der Waals surface area (Å²) < 4.78 is 0. The molecule has 0 saturated heterocycles. The Labute approximate surface area is 164 Å². The number of benzene rings is 1. The predicted molar refractivity (Wildman–Crippen MR) is 101 cm³/mol. The molecule has 0 unspecified atom stereocenters. The second-order valence-corrected chi connectivity index (χ2v) is 6.29. The number of nitrogens with zero attached hydrogens (tertiary/aromatic N) is 3. The Kier molecular flexibility index (Phi) is 9.98. The molecule has 0 aliphatic carbocycles. The van der Waals surface area contributed by atoms with Crippen LogP contribution in [0.3, 0.4) is 0 Å². The number of nitro benzene ring substituents is 1. The van der Waals surface area contributed by atoms with E-state index in [9.17, 15) is 10.1 Å². The summed E-state index contributed by atoms with van der Waals surface area (Å²) in [6.07, 6.45) is 1.68. The van der Waals surface area contributed by atoms with E-state index in [0.29, 0.717) is 11.4 Å². The number of hydrogen-bond acceptors (Lipinski definition) is 5. The SMILES string of the molecule is CC(=NNC(=S)Nc1ccc([N+](=O)[O-])cc1)c1ccccn1.[Cl][Cu][Cl]. The van der Waals surface area contributed by atoms with E-state index in [4.69, 9.17) is 12.2 Å². The van der Waals surface area contributed by atoms with Gasteiger partial charge in [0.15, 0.2) is 5.11 Å². The zero-order chi connectivity index (χ0) is 18.7. The maximum absolute atomic E-state index is 10.6. The van der Waals surface area contributed by atoms with Crippen molar-refractivity contribution in [3.05, 3.63) is 64.5 Å². The first kappa shape index (κ1) is 21.3. The molecule has 11 heteroatoms. The average Bonchev–Trinajstić information content (AvgIpc) is 2.61. The molecule has 1 heterocycles. The van der Waals surface area contributed by atoms with Gasteiger partial charge in [0, 0.05) is 24.0 Å². The van der Waals surface area contributed by atoms with Gasteiger partial charge in [-0.3, -0.25) is 20.5 Å². The number of anilines is 1. The number of rotatable bonds is 4. The third kappa shape index (κ3) is 8.24. The van der Waals surface area contributed by atoms with Crippen LogP contribution in [0.15, 0.2) is 53.8 Å². The van der Waals surface area contributed by atoms with Gasteiger partial charge in [-0.15, -0.1) is 0 Å². The van der Waals surface area contributed by atoms with Crippen LogP contribution in [0, 0.1) is 10.1 Å². The van der Waals surface area contributed by atoms with Crippen LogP contribution in [0.5, 0.6) is 0 Å². The normalized spacial score (nSPS) is 10.4. The van der Waals surface area contributed by atoms with Crippen molar-refractivity contribution in [3.8, 4) is 0 Å². The molecule has 0 atom stereocenters. The monoisotopic (exact) mass is 448 g/mol. The zero-order valence-electron chi connectivity index (χ0n) is 12.7. The fraction of sp³-hybridized carbons (Fsp3) is 0.0714. The molecule has 0 amide bonds. The van der Waals surface area contributed by atoms with Gasteiger partial charge in [0.05, 0.1) is 16.3 Å². The molecule has 0 bridgehead atoms. The van der Waals surface area contributed by atoms with Crippen molar-refractivity contribution in [1.82, 2.24) is 10.4 Å². The first-order valence-corrected chi connectivity index (χ1v) is 9.56. The van der Waals surface area contributed by atoms with Crippen molar-refractivity contribution in [1.29, 1.82) is 0 Å². The first-order chi connectivity index (χ1) is 12.0. The summed E-state index contributed by atoms with van der Waals surface area (Å²) in [6.45, 7) is 1.81. The Morgan fingerprint density at radius 1 is 1.28 bits per heavy atom. The molecular formula is C14H13Cl2CuN5O2S. The molecular weight excluding hydrogens is 437 g/mol. The van der Waals surface area contributed by atoms with E-state index in [1.165, 1.54) is 12.1 Å². The number of non-ortho nitro benzene ring substituents is 1. The number of hydrazone groups is 1. The molecule has 2 N–H and O–H groups in total. The molecule has 1 aromatic carbocycles. The summed E-state index contributed by atoms with van der Waals surface area (Å²) in [5.74, 6) is 0. The van der Waals surface area contributed by atoms with Crippen LogP contribution >= 0.6 is 32.4 Å². The summed E-state index contributed by atoms with van der Waals surface area (Å²) in [5.41, 5.74) is 4.79. The van der Waals surface area contributed by atoms with E-state index in [2.05, 4.69) is 41.0 Å². The number of nitrogens with one attached hydrogen (secondary N) is 2. The number of halogens is 2. The quantitative estimate of drug-likeness (QED) is 0.240. The van der Waals surface area contributed by atoms with Crippen molar-refractivity contribution in [2.75, 3.05) is 5.32 Å². The Hall–Kier alpha value is -1.77. The van der Waals surface area contributed by atoms with Crippen molar-refractivity contribution in [3.63, 3.8) is 0 Å². The van der Waals surface area contributed by atoms with Gasteiger partial charge in [-0.1, -0.05) is 6.07 Å². The summed E-state index contributed by atoms with van der Waals surface area (Å²) in [5, 5.41) is 17.9. The van der Waals surface area contributed by atoms with Gasteiger partial charge in [0.25, 0.3) is 5.69 Å². The fourth-order valence-electron chi connectivity index (χ4n) is 1.59. The van der Waals surface area contributed by atoms with Crippen LogP contribution in [0.1, 0.15) is 12.6 Å². The summed E-state index contributed by atoms with van der Waals surface area (Å²) in [7, 11) is 9.34. The third-order valence-corrected chi connectivity index (χ3v) is 2.89. The molecule has 0 aliphatic heterocycles. The molecule has 0 radical (unpaired) electrons. The van der Waals surface area contributed by atoms with Crippen molar-refractivity contribution < 1.29 is 18.1 Å². The van der Waals surface area contributed by atoms with E-state index in [1.807, 2.05) is 25.1 Å². The topological polar surface area (TPSA) is 92.5 Å². The van der Waals surface area contributed by atoms with E-state index in [-0.39, 0.29) is 10.8 Å². The van der Waals surface area contributed by atoms with Gasteiger partial charge in [-0.25, -0.2) is 0 Å². The van der Waals surface area contributed by atoms with Crippen molar-refractivity contribution in [2.45, 2.75) is 6.92 Å². The molecule has 7 nitrogen and oxygen atoms in total. The second kappa shape index (κ2) is 11.7. The number of nitro groups is 1. The summed E-state index contributed by atoms with van der Waals surface area (Å²) in [4.78, 5) is 14.3. The van der Waals surface area contributed by atoms with Crippen molar-refractivity contribution in [2.24, 2.45) is 5.10 Å². The summed E-state index contributed by atoms with van der Waals surface area (Å²) >= 11 is 5.86. The zero-order valence-corrected chi connectivity index (χ0v) is 16.0. The Morgan fingerprint density at radius 2 is 1.92 bits per heavy atom. The molecule has 2 rings (SSSR count). The van der Waals surface area contributed by atoms with Gasteiger partial charge >= 0.3 is 33.3 Å². The van der Waals surface area contributed by atoms with Crippen LogP contribution in [0.25, 0.3) is 0 Å². The Morgan fingerprint density at radius 3 is 2.44 bits per heavy atom. The van der Waals surface area contributed by atoms with E-state index in [0.717, 1.165) is 18.8 Å². The molecule has 0 aliphatic rings. The minimum atomic E-state index is -0.457. The molecule has 0 saturated carbocycles. The Bertz CT molecular complexity index is 732. The molecule has 0 spiro atoms. The Balaban J connectivity index is 0.000000970. The molecule has 25 heavy (non-hydrogen) atoms. The third-order valence-electron chi connectivity index (χ3n) is 2.70. The van der Waals surface area contributed by atoms with Crippen LogP contribution in [-0.2, 0) is 13.1 Å². The van der Waals surface area contributed by atoms with E-state index >= 15 is 0 Å². The summed E-state index contributed by atoms with van der Waals surface area (Å²) in [6, 6.07) is 11.5. The molecule has 0 fully saturated rings. The fourth-order valence-corrected chi connectivity index (χ4v) is 1.76. The van der Waals surface area contributed by atoms with Crippen LogP contribution in [0.2, 0.25) is 0 Å². The van der Waals surface area contributed by atoms with Crippen LogP contribution in [-0.4, -0.2) is 20.7 Å². The van der Waals surface area contributed by atoms with Crippen LogP contribution in [0.4, 0.5) is 11.4 Å². The van der Waals surface area contributed by atoms with E-state index < -0.39 is 4.92 Å². The average molecular weight is 450 g/mol. The number of aromatic nitrogens is 1. The van der Waals surface area contributed by atoms with Gasteiger partial charge in [-0.2, -0.15) is 5.10 Å². The predicted octanol–water partition coefficient (Wildman–Crippen LogP) is 4.08. The number of pyridine rings is 1. The van der Waals surface area contributed by atoms with Crippen LogP contribution < -0.4 is 10.7 Å². The number of thiocarbonyl (C=S) groups is 1. The molecule has 137 valence electrons. The molecule has 2 aromatic rings. The maximum atomic E-state index is 10.6. The molecule has 1 aromatic heterocycles. The van der Waals surface area contributed by atoms with Gasteiger partial charge < -0.3 is 5.32 Å². The first-order valence-electron chi connectivity index (χ1n) is 6.56. The van der Waals surface area contributed by atoms with E-state index in [1.54, 1.807) is 18.3 Å². The second-order valence-electron chi connectivity index (χ2n) is 4.33. The van der Waals surface area contributed by atoms with Gasteiger partial charge in [-0.05, 0) is 43.4 Å². The van der Waals surface area contributed by atoms with Gasteiger partial charge in [0.2, 0.25) is 0 Å².